The Kier molecular flexibility index (Phi) is 4.11. The number of hydrogen-bond acceptors (Lipinski definition) is 1. The summed E-state index contributed by atoms with van der Waals surface area (Å²) in [7, 11) is 0. The van der Waals surface area contributed by atoms with E-state index >= 15 is 0 Å². The van der Waals surface area contributed by atoms with Crippen molar-refractivity contribution >= 4 is 11.9 Å². The Hall–Kier alpha value is -1.37. The zero-order chi connectivity index (χ0) is 10.4. The maximum absolute atomic E-state index is 4.39. The number of aryl methyl sites for hydroxylation is 1. The van der Waals surface area contributed by atoms with Crippen LogP contribution >= 0.6 is 0 Å². The minimum Gasteiger partial charge on any atom is -0.257 e. The van der Waals surface area contributed by atoms with Crippen LogP contribution in [0.4, 0.5) is 5.69 Å². The molecule has 0 N–H and O–H groups in total. The van der Waals surface area contributed by atoms with Crippen LogP contribution in [0.3, 0.4) is 0 Å². The number of benzene rings is 1. The van der Waals surface area contributed by atoms with Gasteiger partial charge in [-0.2, -0.15) is 0 Å². The van der Waals surface area contributed by atoms with Gasteiger partial charge in [-0.25, -0.2) is 0 Å². The third-order valence-corrected chi connectivity index (χ3v) is 2.25. The van der Waals surface area contributed by atoms with Crippen molar-refractivity contribution in [2.45, 2.75) is 27.2 Å². The molecule has 14 heavy (non-hydrogen) atoms. The van der Waals surface area contributed by atoms with Gasteiger partial charge in [-0.1, -0.05) is 30.7 Å². The van der Waals surface area contributed by atoms with Crippen LogP contribution in [0.25, 0.3) is 0 Å². The van der Waals surface area contributed by atoms with Gasteiger partial charge in [0.2, 0.25) is 0 Å². The molecule has 74 valence electrons. The third kappa shape index (κ3) is 3.17. The van der Waals surface area contributed by atoms with Crippen molar-refractivity contribution in [2.75, 3.05) is 0 Å². The molecule has 0 aliphatic rings. The normalized spacial score (nSPS) is 12.4. The van der Waals surface area contributed by atoms with Crippen LogP contribution in [0, 0.1) is 6.92 Å². The fraction of sp³-hybridized carbons (Fsp3) is 0.308. The Morgan fingerprint density at radius 3 is 2.71 bits per heavy atom. The molecule has 0 spiro atoms. The summed E-state index contributed by atoms with van der Waals surface area (Å²) in [5.74, 6) is 0. The first-order chi connectivity index (χ1) is 6.74. The van der Waals surface area contributed by atoms with Crippen LogP contribution in [-0.2, 0) is 0 Å². The summed E-state index contributed by atoms with van der Waals surface area (Å²) >= 11 is 0. The Morgan fingerprint density at radius 1 is 1.36 bits per heavy atom. The second-order valence-electron chi connectivity index (χ2n) is 3.43. The van der Waals surface area contributed by atoms with Gasteiger partial charge >= 0.3 is 0 Å². The number of hydrogen-bond donors (Lipinski definition) is 0. The van der Waals surface area contributed by atoms with E-state index in [0.29, 0.717) is 0 Å². The second-order valence-corrected chi connectivity index (χ2v) is 3.43. The quantitative estimate of drug-likeness (QED) is 0.633. The molecule has 0 aromatic heterocycles. The van der Waals surface area contributed by atoms with Crippen molar-refractivity contribution < 1.29 is 0 Å². The van der Waals surface area contributed by atoms with E-state index in [1.807, 2.05) is 24.4 Å². The first kappa shape index (κ1) is 10.7. The highest BCUT2D eigenvalue weighted by molar-refractivity contribution is 5.75. The number of aliphatic imine (C=N–C) groups is 1. The van der Waals surface area contributed by atoms with Gasteiger partial charge in [0.1, 0.15) is 0 Å². The summed E-state index contributed by atoms with van der Waals surface area (Å²) in [5, 5.41) is 0. The molecule has 1 aromatic rings. The van der Waals surface area contributed by atoms with Crippen LogP contribution in [-0.4, -0.2) is 6.21 Å². The molecular weight excluding hydrogens is 170 g/mol. The smallest absolute Gasteiger partial charge is 0.0658 e. The molecule has 0 amide bonds. The Morgan fingerprint density at radius 2 is 2.07 bits per heavy atom. The predicted octanol–water partition coefficient (Wildman–Crippen LogP) is 4.05. The Labute approximate surface area is 86.2 Å². The summed E-state index contributed by atoms with van der Waals surface area (Å²) in [6.45, 7) is 6.33. The minimum atomic E-state index is 1.05. The number of nitrogens with zero attached hydrogens (tertiary/aromatic N) is 1. The van der Waals surface area contributed by atoms with E-state index in [2.05, 4.69) is 37.9 Å². The fourth-order valence-electron chi connectivity index (χ4n) is 1.07. The Bertz CT molecular complexity index is 348. The monoisotopic (exact) mass is 187 g/mol. The first-order valence-electron chi connectivity index (χ1n) is 4.99. The van der Waals surface area contributed by atoms with E-state index in [4.69, 9.17) is 0 Å². The predicted molar refractivity (Wildman–Crippen MR) is 63.4 cm³/mol. The van der Waals surface area contributed by atoms with E-state index in [-0.39, 0.29) is 0 Å². The second kappa shape index (κ2) is 5.38. The summed E-state index contributed by atoms with van der Waals surface area (Å²) in [6, 6.07) is 8.14. The Balaban J connectivity index is 2.74. The zero-order valence-corrected chi connectivity index (χ0v) is 9.12. The summed E-state index contributed by atoms with van der Waals surface area (Å²) < 4.78 is 0. The summed E-state index contributed by atoms with van der Waals surface area (Å²) in [6.07, 6.45) is 5.02. The van der Waals surface area contributed by atoms with Crippen molar-refractivity contribution in [3.8, 4) is 0 Å². The van der Waals surface area contributed by atoms with Gasteiger partial charge in [0.05, 0.1) is 5.69 Å². The molecule has 1 aromatic carbocycles. The molecule has 1 rings (SSSR count). The van der Waals surface area contributed by atoms with Crippen molar-refractivity contribution in [2.24, 2.45) is 4.99 Å². The molecule has 0 aliphatic carbocycles. The molecule has 0 saturated carbocycles. The minimum absolute atomic E-state index is 1.05. The zero-order valence-electron chi connectivity index (χ0n) is 9.12. The molecule has 0 heterocycles. The van der Waals surface area contributed by atoms with Gasteiger partial charge < -0.3 is 0 Å². The van der Waals surface area contributed by atoms with Crippen molar-refractivity contribution in [1.82, 2.24) is 0 Å². The van der Waals surface area contributed by atoms with Crippen molar-refractivity contribution in [1.29, 1.82) is 0 Å². The van der Waals surface area contributed by atoms with Gasteiger partial charge in [0.15, 0.2) is 0 Å². The number of allylic oxidation sites excluding steroid dienone is 2. The maximum atomic E-state index is 4.39. The molecular formula is C13H17N. The van der Waals surface area contributed by atoms with Crippen molar-refractivity contribution in [3.63, 3.8) is 0 Å². The topological polar surface area (TPSA) is 12.4 Å². The lowest BCUT2D eigenvalue weighted by Crippen LogP contribution is -1.75. The van der Waals surface area contributed by atoms with Crippen molar-refractivity contribution in [3.05, 3.63) is 41.5 Å². The molecule has 1 heteroatoms. The van der Waals surface area contributed by atoms with E-state index in [1.54, 1.807) is 0 Å². The molecule has 0 aliphatic heterocycles. The first-order valence-corrected chi connectivity index (χ1v) is 4.99. The largest absolute Gasteiger partial charge is 0.257 e. The molecule has 0 radical (unpaired) electrons. The van der Waals surface area contributed by atoms with E-state index in [9.17, 15) is 0 Å². The SMILES string of the molecule is CC/C(C)=C/C=Nc1ccccc1C. The number of para-hydroxylation sites is 1. The van der Waals surface area contributed by atoms with Gasteiger partial charge in [0.25, 0.3) is 0 Å². The lowest BCUT2D eigenvalue weighted by atomic mass is 10.2. The molecule has 0 unspecified atom stereocenters. The fourth-order valence-corrected chi connectivity index (χ4v) is 1.07. The molecule has 1 nitrogen and oxygen atoms in total. The lowest BCUT2D eigenvalue weighted by Gasteiger charge is -1.96. The van der Waals surface area contributed by atoms with E-state index in [0.717, 1.165) is 12.1 Å². The van der Waals surface area contributed by atoms with Gasteiger partial charge in [0, 0.05) is 6.21 Å². The lowest BCUT2D eigenvalue weighted by molar-refractivity contribution is 1.10. The highest BCUT2D eigenvalue weighted by Gasteiger charge is 1.90. The average molecular weight is 187 g/mol. The number of rotatable bonds is 3. The summed E-state index contributed by atoms with van der Waals surface area (Å²) in [5.41, 5.74) is 3.61. The van der Waals surface area contributed by atoms with E-state index in [1.165, 1.54) is 11.1 Å². The standard InChI is InChI=1S/C13H17N/c1-4-11(2)9-10-14-13-8-6-5-7-12(13)3/h5-10H,4H2,1-3H3/b11-9+,14-10?. The third-order valence-electron chi connectivity index (χ3n) is 2.25. The molecule has 0 saturated heterocycles. The molecule has 0 bridgehead atoms. The summed E-state index contributed by atoms with van der Waals surface area (Å²) in [4.78, 5) is 4.39. The average Bonchev–Trinajstić information content (AvgIpc) is 2.20. The van der Waals surface area contributed by atoms with Crippen LogP contribution in [0.1, 0.15) is 25.8 Å². The maximum Gasteiger partial charge on any atom is 0.0658 e. The van der Waals surface area contributed by atoms with Crippen LogP contribution < -0.4 is 0 Å². The van der Waals surface area contributed by atoms with Crippen LogP contribution in [0.15, 0.2) is 40.9 Å². The van der Waals surface area contributed by atoms with Gasteiger partial charge in [-0.05, 0) is 38.0 Å². The van der Waals surface area contributed by atoms with E-state index < -0.39 is 0 Å². The highest BCUT2D eigenvalue weighted by Crippen LogP contribution is 2.16. The van der Waals surface area contributed by atoms with Crippen LogP contribution in [0.2, 0.25) is 0 Å². The molecule has 0 atom stereocenters. The van der Waals surface area contributed by atoms with Gasteiger partial charge in [-0.3, -0.25) is 4.99 Å². The highest BCUT2D eigenvalue weighted by atomic mass is 14.7. The van der Waals surface area contributed by atoms with Crippen LogP contribution in [0.5, 0.6) is 0 Å². The van der Waals surface area contributed by atoms with Gasteiger partial charge in [-0.15, -0.1) is 0 Å². The molecule has 0 fully saturated rings.